The third-order valence-electron chi connectivity index (χ3n) is 4.84. The van der Waals surface area contributed by atoms with Crippen molar-refractivity contribution < 1.29 is 23.1 Å². The number of carbonyl (C=O) groups excluding carboxylic acids is 3. The molecule has 1 unspecified atom stereocenters. The van der Waals surface area contributed by atoms with E-state index in [0.717, 1.165) is 9.87 Å². The smallest absolute Gasteiger partial charge is 0.296 e. The Labute approximate surface area is 182 Å². The molecule has 2 aromatic rings. The fourth-order valence-corrected chi connectivity index (χ4v) is 3.97. The van der Waals surface area contributed by atoms with Crippen LogP contribution in [0.15, 0.2) is 48.5 Å². The van der Waals surface area contributed by atoms with Gasteiger partial charge in [0.1, 0.15) is 6.04 Å². The van der Waals surface area contributed by atoms with Crippen molar-refractivity contribution >= 4 is 40.2 Å². The number of carbonyl (C=O) groups is 3. The van der Waals surface area contributed by atoms with Crippen LogP contribution in [0.5, 0.6) is 0 Å². The largest absolute Gasteiger partial charge is 0.353 e. The highest BCUT2D eigenvalue weighted by molar-refractivity contribution is 7.80. The molecule has 1 aliphatic rings. The van der Waals surface area contributed by atoms with E-state index in [1.54, 1.807) is 0 Å². The summed E-state index contributed by atoms with van der Waals surface area (Å²) < 4.78 is 23.5. The second-order valence-electron chi connectivity index (χ2n) is 7.37. The summed E-state index contributed by atoms with van der Waals surface area (Å²) >= 11 is -2.56. The third kappa shape index (κ3) is 5.35. The second-order valence-corrected chi connectivity index (χ2v) is 8.22. The van der Waals surface area contributed by atoms with Crippen molar-refractivity contribution in [2.75, 3.05) is 36.8 Å². The molecule has 0 spiro atoms. The molecule has 2 atom stereocenters. The number of ketones is 1. The minimum atomic E-state index is -2.56. The second kappa shape index (κ2) is 9.82. The molecule has 0 radical (unpaired) electrons. The molecule has 1 aliphatic heterocycles. The predicted octanol–water partition coefficient (Wildman–Crippen LogP) is 1.05. The van der Waals surface area contributed by atoms with Gasteiger partial charge in [-0.05, 0) is 37.9 Å². The molecule has 0 aromatic heterocycles. The molecule has 0 saturated carbocycles. The van der Waals surface area contributed by atoms with Gasteiger partial charge in [0.15, 0.2) is 0 Å². The number of nitrogens with zero attached hydrogens (tertiary/aromatic N) is 2. The van der Waals surface area contributed by atoms with Gasteiger partial charge in [-0.2, -0.15) is 0 Å². The summed E-state index contributed by atoms with van der Waals surface area (Å²) in [5.74, 6) is -1.91. The Morgan fingerprint density at radius 1 is 1.16 bits per heavy atom. The number of anilines is 2. The van der Waals surface area contributed by atoms with Crippen molar-refractivity contribution in [2.45, 2.75) is 12.5 Å². The van der Waals surface area contributed by atoms with Crippen molar-refractivity contribution in [3.05, 3.63) is 59.7 Å². The lowest BCUT2D eigenvalue weighted by molar-refractivity contribution is -0.122. The summed E-state index contributed by atoms with van der Waals surface area (Å²) in [6.07, 6.45) is 0.170. The summed E-state index contributed by atoms with van der Waals surface area (Å²) in [5, 5.41) is 5.25. The van der Waals surface area contributed by atoms with Crippen LogP contribution in [0.2, 0.25) is 0 Å². The number of Topliss-reactive ketones (excluding diaryl/α,β-unsaturated/α-hetero) is 1. The molecule has 1 heterocycles. The zero-order valence-corrected chi connectivity index (χ0v) is 18.0. The van der Waals surface area contributed by atoms with Gasteiger partial charge in [0.05, 0.1) is 16.9 Å². The van der Waals surface area contributed by atoms with E-state index in [-0.39, 0.29) is 17.7 Å². The highest BCUT2D eigenvalue weighted by Gasteiger charge is 2.33. The van der Waals surface area contributed by atoms with Crippen LogP contribution in [0.25, 0.3) is 0 Å². The van der Waals surface area contributed by atoms with Crippen LogP contribution < -0.4 is 14.9 Å². The van der Waals surface area contributed by atoms with Crippen molar-refractivity contribution in [1.82, 2.24) is 10.2 Å². The van der Waals surface area contributed by atoms with Crippen LogP contribution in [-0.2, 0) is 27.3 Å². The first-order valence-corrected chi connectivity index (χ1v) is 10.7. The monoisotopic (exact) mass is 444 g/mol. The fraction of sp³-hybridized carbons (Fsp3) is 0.286. The van der Waals surface area contributed by atoms with Crippen LogP contribution in [0.4, 0.5) is 11.4 Å². The average molecular weight is 445 g/mol. The molecule has 10 heteroatoms. The topological polar surface area (TPSA) is 119 Å². The van der Waals surface area contributed by atoms with E-state index in [0.29, 0.717) is 18.8 Å². The maximum absolute atomic E-state index is 13.0. The van der Waals surface area contributed by atoms with Crippen molar-refractivity contribution in [1.29, 1.82) is 0 Å². The molecule has 164 valence electrons. The number of hydrogen-bond donors (Lipinski definition) is 3. The van der Waals surface area contributed by atoms with Gasteiger partial charge in [0.25, 0.3) is 23.0 Å². The lowest BCUT2D eigenvalue weighted by atomic mass is 10.0. The first-order chi connectivity index (χ1) is 14.8. The number of benzene rings is 2. The lowest BCUT2D eigenvalue weighted by Crippen LogP contribution is -2.50. The van der Waals surface area contributed by atoms with Crippen molar-refractivity contribution in [3.63, 3.8) is 0 Å². The molecular weight excluding hydrogens is 420 g/mol. The van der Waals surface area contributed by atoms with Crippen LogP contribution in [0.1, 0.15) is 15.9 Å². The maximum Gasteiger partial charge on any atom is 0.296 e. The van der Waals surface area contributed by atoms with Gasteiger partial charge < -0.3 is 15.5 Å². The van der Waals surface area contributed by atoms with Gasteiger partial charge in [0, 0.05) is 19.5 Å². The summed E-state index contributed by atoms with van der Waals surface area (Å²) in [7, 11) is 3.75. The minimum Gasteiger partial charge on any atom is -0.353 e. The van der Waals surface area contributed by atoms with Crippen molar-refractivity contribution in [3.8, 4) is 0 Å². The van der Waals surface area contributed by atoms with E-state index in [2.05, 4.69) is 10.6 Å². The van der Waals surface area contributed by atoms with Gasteiger partial charge in [-0.3, -0.25) is 23.2 Å². The molecule has 2 aromatic carbocycles. The Morgan fingerprint density at radius 2 is 1.87 bits per heavy atom. The van der Waals surface area contributed by atoms with Gasteiger partial charge >= 0.3 is 0 Å². The Kier molecular flexibility index (Phi) is 7.16. The number of fused-ring (bicyclic) bond motifs is 1. The molecule has 0 bridgehead atoms. The number of rotatable bonds is 9. The first kappa shape index (κ1) is 22.6. The van der Waals surface area contributed by atoms with E-state index in [1.807, 2.05) is 49.3 Å². The van der Waals surface area contributed by atoms with E-state index in [1.165, 1.54) is 18.2 Å². The minimum absolute atomic E-state index is 0.101. The third-order valence-corrected chi connectivity index (χ3v) is 5.64. The molecule has 3 N–H and O–H groups in total. The molecular formula is C21H24N4O5S. The zero-order valence-electron chi connectivity index (χ0n) is 17.2. The normalized spacial score (nSPS) is 14.7. The number of hydrogen-bond acceptors (Lipinski definition) is 5. The summed E-state index contributed by atoms with van der Waals surface area (Å²) in [6, 6.07) is 12.5. The molecule has 9 nitrogen and oxygen atoms in total. The number of amides is 2. The zero-order chi connectivity index (χ0) is 22.5. The summed E-state index contributed by atoms with van der Waals surface area (Å²) in [5.41, 5.74) is 1.43. The van der Waals surface area contributed by atoms with Crippen LogP contribution >= 0.6 is 0 Å². The Hall–Kier alpha value is -3.08. The Balaban J connectivity index is 1.95. The molecule has 3 rings (SSSR count). The highest BCUT2D eigenvalue weighted by Crippen LogP contribution is 2.30. The molecule has 31 heavy (non-hydrogen) atoms. The van der Waals surface area contributed by atoms with Crippen LogP contribution in [-0.4, -0.2) is 64.5 Å². The van der Waals surface area contributed by atoms with Gasteiger partial charge in [-0.1, -0.05) is 30.3 Å². The summed E-state index contributed by atoms with van der Waals surface area (Å²) in [4.78, 5) is 38.7. The van der Waals surface area contributed by atoms with Gasteiger partial charge in [-0.25, -0.2) is 4.21 Å². The molecule has 0 fully saturated rings. The van der Waals surface area contributed by atoms with Crippen molar-refractivity contribution in [2.24, 2.45) is 0 Å². The lowest BCUT2D eigenvalue weighted by Gasteiger charge is -2.29. The van der Waals surface area contributed by atoms with Gasteiger partial charge in [0.2, 0.25) is 5.91 Å². The molecule has 2 amide bonds. The number of nitrogens with one attached hydrogen (secondary N) is 2. The van der Waals surface area contributed by atoms with Gasteiger partial charge in [-0.15, -0.1) is 0 Å². The quantitative estimate of drug-likeness (QED) is 0.393. The van der Waals surface area contributed by atoms with Crippen LogP contribution in [0.3, 0.4) is 0 Å². The maximum atomic E-state index is 13.0. The first-order valence-electron chi connectivity index (χ1n) is 9.64. The van der Waals surface area contributed by atoms with E-state index in [9.17, 15) is 23.1 Å². The highest BCUT2D eigenvalue weighted by atomic mass is 32.2. The molecule has 0 saturated heterocycles. The number of likely N-dealkylation sites (N-methyl/N-ethyl adjacent to an activating group) is 1. The van der Waals surface area contributed by atoms with E-state index in [4.69, 9.17) is 0 Å². The summed E-state index contributed by atoms with van der Waals surface area (Å²) in [6.45, 7) is 0.970. The predicted molar refractivity (Wildman–Crippen MR) is 118 cm³/mol. The Morgan fingerprint density at radius 3 is 2.52 bits per heavy atom. The fourth-order valence-electron chi connectivity index (χ4n) is 3.29. The SMILES string of the molecule is CN(C)CCNC(=O)[C@H](Cc1ccccc1)N(c1ccc2c(c1)C(=O)C(=O)N2)S(=O)O. The van der Waals surface area contributed by atoms with E-state index >= 15 is 0 Å². The Bertz CT molecular complexity index is 1010. The van der Waals surface area contributed by atoms with E-state index < -0.39 is 34.9 Å². The molecule has 0 aliphatic carbocycles. The standard InChI is InChI=1S/C21H24N4O5S/c1-24(2)11-10-22-20(27)18(12-14-6-4-3-5-7-14)25(31(29)30)15-8-9-17-16(13-15)19(26)21(28)23-17/h3-9,13,18H,10-12H2,1-2H3,(H,22,27)(H,29,30)(H,23,26,28)/t18-/m0/s1. The average Bonchev–Trinajstić information content (AvgIpc) is 3.01. The van der Waals surface area contributed by atoms with Crippen LogP contribution in [0, 0.1) is 0 Å².